The standard InChI is InChI=1S/C20H24N4S/c1-23-8-9-24(14-19-11-21-15-25-19)13-16(12-23)10-18-5-2-4-17-6-3-7-22-20(17)18/h2-7,11,15-16H,8-10,12-14H2,1H3/t16-/m1/s1. The van der Waals surface area contributed by atoms with Crippen LogP contribution in [0.25, 0.3) is 10.9 Å². The van der Waals surface area contributed by atoms with Gasteiger partial charge in [-0.05, 0) is 31.0 Å². The number of hydrogen-bond donors (Lipinski definition) is 0. The van der Waals surface area contributed by atoms with Crippen molar-refractivity contribution < 1.29 is 0 Å². The molecule has 2 aromatic heterocycles. The quantitative estimate of drug-likeness (QED) is 0.721. The third kappa shape index (κ3) is 4.06. The second kappa shape index (κ2) is 7.60. The Morgan fingerprint density at radius 1 is 1.16 bits per heavy atom. The second-order valence-corrected chi connectivity index (χ2v) is 8.00. The number of pyridine rings is 1. The van der Waals surface area contributed by atoms with Crippen molar-refractivity contribution in [3.8, 4) is 0 Å². The van der Waals surface area contributed by atoms with E-state index in [1.807, 2.05) is 24.0 Å². The maximum atomic E-state index is 4.64. The van der Waals surface area contributed by atoms with Crippen LogP contribution in [0.4, 0.5) is 0 Å². The maximum absolute atomic E-state index is 4.64. The van der Waals surface area contributed by atoms with Crippen LogP contribution in [-0.4, -0.2) is 53.0 Å². The first-order valence-electron chi connectivity index (χ1n) is 8.89. The van der Waals surface area contributed by atoms with Crippen LogP contribution in [0.2, 0.25) is 0 Å². The number of aromatic nitrogens is 2. The SMILES string of the molecule is CN1CCN(Cc2cncs2)C[C@H](Cc2cccc3cccnc23)C1. The minimum Gasteiger partial charge on any atom is -0.305 e. The Morgan fingerprint density at radius 3 is 2.96 bits per heavy atom. The Balaban J connectivity index is 1.53. The Hall–Kier alpha value is -1.82. The first-order valence-corrected chi connectivity index (χ1v) is 9.77. The molecule has 4 nitrogen and oxygen atoms in total. The van der Waals surface area contributed by atoms with Crippen molar-refractivity contribution >= 4 is 22.2 Å². The van der Waals surface area contributed by atoms with Crippen LogP contribution < -0.4 is 0 Å². The fraction of sp³-hybridized carbons (Fsp3) is 0.400. The summed E-state index contributed by atoms with van der Waals surface area (Å²) < 4.78 is 0. The first-order chi connectivity index (χ1) is 12.3. The van der Waals surface area contributed by atoms with E-state index >= 15 is 0 Å². The van der Waals surface area contributed by atoms with Gasteiger partial charge in [0.2, 0.25) is 0 Å². The summed E-state index contributed by atoms with van der Waals surface area (Å²) in [7, 11) is 2.24. The summed E-state index contributed by atoms with van der Waals surface area (Å²) in [6.45, 7) is 5.54. The Bertz CT molecular complexity index is 812. The summed E-state index contributed by atoms with van der Waals surface area (Å²) in [5.74, 6) is 0.619. The van der Waals surface area contributed by atoms with E-state index < -0.39 is 0 Å². The molecule has 0 unspecified atom stereocenters. The van der Waals surface area contributed by atoms with Crippen molar-refractivity contribution in [2.24, 2.45) is 5.92 Å². The topological polar surface area (TPSA) is 32.3 Å². The van der Waals surface area contributed by atoms with E-state index in [1.165, 1.54) is 15.8 Å². The van der Waals surface area contributed by atoms with E-state index in [4.69, 9.17) is 0 Å². The highest BCUT2D eigenvalue weighted by molar-refractivity contribution is 7.09. The van der Waals surface area contributed by atoms with E-state index in [1.54, 1.807) is 11.3 Å². The average molecular weight is 353 g/mol. The van der Waals surface area contributed by atoms with Gasteiger partial charge < -0.3 is 4.90 Å². The van der Waals surface area contributed by atoms with Crippen LogP contribution >= 0.6 is 11.3 Å². The smallest absolute Gasteiger partial charge is 0.0794 e. The van der Waals surface area contributed by atoms with Gasteiger partial charge in [-0.15, -0.1) is 11.3 Å². The van der Waals surface area contributed by atoms with E-state index in [2.05, 4.69) is 51.1 Å². The zero-order chi connectivity index (χ0) is 17.1. The van der Waals surface area contributed by atoms with Crippen molar-refractivity contribution in [2.45, 2.75) is 13.0 Å². The zero-order valence-corrected chi connectivity index (χ0v) is 15.5. The van der Waals surface area contributed by atoms with Gasteiger partial charge in [0.1, 0.15) is 0 Å². The summed E-state index contributed by atoms with van der Waals surface area (Å²) in [4.78, 5) is 15.3. The molecule has 1 saturated heterocycles. The third-order valence-electron chi connectivity index (χ3n) is 4.97. The highest BCUT2D eigenvalue weighted by atomic mass is 32.1. The fourth-order valence-corrected chi connectivity index (χ4v) is 4.45. The molecule has 0 N–H and O–H groups in total. The molecule has 0 amide bonds. The largest absolute Gasteiger partial charge is 0.305 e. The average Bonchev–Trinajstić information content (AvgIpc) is 3.06. The van der Waals surface area contributed by atoms with Crippen LogP contribution in [0.5, 0.6) is 0 Å². The van der Waals surface area contributed by atoms with Crippen LogP contribution in [0.1, 0.15) is 10.4 Å². The Morgan fingerprint density at radius 2 is 2.08 bits per heavy atom. The molecular formula is C20H24N4S. The molecule has 1 fully saturated rings. The van der Waals surface area contributed by atoms with Crippen molar-refractivity contribution in [1.29, 1.82) is 0 Å². The lowest BCUT2D eigenvalue weighted by molar-refractivity contribution is 0.251. The molecule has 25 heavy (non-hydrogen) atoms. The monoisotopic (exact) mass is 352 g/mol. The van der Waals surface area contributed by atoms with Crippen molar-refractivity contribution in [3.63, 3.8) is 0 Å². The van der Waals surface area contributed by atoms with Gasteiger partial charge in [0.15, 0.2) is 0 Å². The molecule has 0 bridgehead atoms. The maximum Gasteiger partial charge on any atom is 0.0794 e. The molecule has 1 aromatic carbocycles. The number of nitrogens with zero attached hydrogens (tertiary/aromatic N) is 4. The predicted molar refractivity (Wildman–Crippen MR) is 104 cm³/mol. The molecule has 0 saturated carbocycles. The van der Waals surface area contributed by atoms with E-state index in [0.29, 0.717) is 5.92 Å². The van der Waals surface area contributed by atoms with Crippen molar-refractivity contribution in [3.05, 3.63) is 58.7 Å². The molecule has 0 radical (unpaired) electrons. The lowest BCUT2D eigenvalue weighted by Crippen LogP contribution is -2.30. The third-order valence-corrected chi connectivity index (χ3v) is 5.74. The summed E-state index contributed by atoms with van der Waals surface area (Å²) in [5.41, 5.74) is 4.46. The van der Waals surface area contributed by atoms with Crippen LogP contribution in [0.15, 0.2) is 48.2 Å². The lowest BCUT2D eigenvalue weighted by Gasteiger charge is -2.23. The van der Waals surface area contributed by atoms with E-state index in [0.717, 1.165) is 44.7 Å². The van der Waals surface area contributed by atoms with Crippen molar-refractivity contribution in [1.82, 2.24) is 19.8 Å². The minimum atomic E-state index is 0.619. The highest BCUT2D eigenvalue weighted by Gasteiger charge is 2.22. The Labute approximate surface area is 153 Å². The molecule has 4 rings (SSSR count). The van der Waals surface area contributed by atoms with Crippen molar-refractivity contribution in [2.75, 3.05) is 33.2 Å². The van der Waals surface area contributed by atoms with E-state index in [9.17, 15) is 0 Å². The summed E-state index contributed by atoms with van der Waals surface area (Å²) in [5, 5.41) is 1.24. The molecule has 0 spiro atoms. The van der Waals surface area contributed by atoms with Crippen LogP contribution in [0.3, 0.4) is 0 Å². The Kier molecular flexibility index (Phi) is 5.06. The molecule has 3 aromatic rings. The molecule has 1 aliphatic rings. The number of rotatable bonds is 4. The number of thiazole rings is 1. The molecule has 1 aliphatic heterocycles. The summed E-state index contributed by atoms with van der Waals surface area (Å²) in [6.07, 6.45) is 4.99. The normalized spacial score (nSPS) is 20.0. The van der Waals surface area contributed by atoms with Crippen LogP contribution in [-0.2, 0) is 13.0 Å². The van der Waals surface area contributed by atoms with Gasteiger partial charge in [0, 0.05) is 55.4 Å². The van der Waals surface area contributed by atoms with Crippen LogP contribution in [0, 0.1) is 5.92 Å². The number of fused-ring (bicyclic) bond motifs is 1. The molecule has 5 heteroatoms. The molecule has 130 valence electrons. The van der Waals surface area contributed by atoms with Gasteiger partial charge >= 0.3 is 0 Å². The summed E-state index contributed by atoms with van der Waals surface area (Å²) in [6, 6.07) is 10.7. The summed E-state index contributed by atoms with van der Waals surface area (Å²) >= 11 is 1.75. The lowest BCUT2D eigenvalue weighted by atomic mass is 9.96. The van der Waals surface area contributed by atoms with Gasteiger partial charge in [-0.1, -0.05) is 24.3 Å². The highest BCUT2D eigenvalue weighted by Crippen LogP contribution is 2.22. The molecule has 1 atom stereocenters. The van der Waals surface area contributed by atoms with E-state index in [-0.39, 0.29) is 0 Å². The molecular weight excluding hydrogens is 328 g/mol. The van der Waals surface area contributed by atoms with Gasteiger partial charge in [-0.3, -0.25) is 14.9 Å². The minimum absolute atomic E-state index is 0.619. The molecule has 3 heterocycles. The molecule has 0 aliphatic carbocycles. The van der Waals surface area contributed by atoms with Gasteiger partial charge in [-0.25, -0.2) is 0 Å². The van der Waals surface area contributed by atoms with Gasteiger partial charge in [0.25, 0.3) is 0 Å². The fourth-order valence-electron chi connectivity index (χ4n) is 3.81. The number of hydrogen-bond acceptors (Lipinski definition) is 5. The second-order valence-electron chi connectivity index (χ2n) is 7.03. The van der Waals surface area contributed by atoms with Gasteiger partial charge in [0.05, 0.1) is 11.0 Å². The number of likely N-dealkylation sites (N-methyl/N-ethyl adjacent to an activating group) is 1. The predicted octanol–water partition coefficient (Wildman–Crippen LogP) is 3.30. The number of benzene rings is 1. The number of para-hydroxylation sites is 1. The first kappa shape index (κ1) is 16.6. The van der Waals surface area contributed by atoms with Gasteiger partial charge in [-0.2, -0.15) is 0 Å². The zero-order valence-electron chi connectivity index (χ0n) is 14.6.